The minimum Gasteiger partial charge on any atom is -0.347 e. The van der Waals surface area contributed by atoms with Crippen LogP contribution in [-0.2, 0) is 19.5 Å². The lowest BCUT2D eigenvalue weighted by molar-refractivity contribution is -0.384. The predicted octanol–water partition coefficient (Wildman–Crippen LogP) is 3.54. The summed E-state index contributed by atoms with van der Waals surface area (Å²) in [5, 5.41) is 24.4. The number of fused-ring (bicyclic) bond motifs is 1. The van der Waals surface area contributed by atoms with E-state index in [1.807, 2.05) is 18.2 Å². The largest absolute Gasteiger partial charge is 0.347 e. The van der Waals surface area contributed by atoms with Crippen LogP contribution in [0.4, 0.5) is 5.69 Å². The Morgan fingerprint density at radius 2 is 2.16 bits per heavy atom. The van der Waals surface area contributed by atoms with Crippen molar-refractivity contribution >= 4 is 5.69 Å². The van der Waals surface area contributed by atoms with Gasteiger partial charge in [0.15, 0.2) is 0 Å². The number of nitrogens with one attached hydrogen (secondary N) is 1. The molecule has 158 valence electrons. The highest BCUT2D eigenvalue weighted by atomic mass is 16.6. The molecule has 10 heteroatoms. The third-order valence-corrected chi connectivity index (χ3v) is 5.48. The van der Waals surface area contributed by atoms with Gasteiger partial charge in [-0.2, -0.15) is 10.2 Å². The molecule has 0 bridgehead atoms. The van der Waals surface area contributed by atoms with Gasteiger partial charge in [-0.05, 0) is 17.7 Å². The highest BCUT2D eigenvalue weighted by Crippen LogP contribution is 2.33. The van der Waals surface area contributed by atoms with Gasteiger partial charge in [-0.3, -0.25) is 15.0 Å². The summed E-state index contributed by atoms with van der Waals surface area (Å²) in [7, 11) is 0. The first-order valence-corrected chi connectivity index (χ1v) is 9.93. The molecule has 2 aromatic carbocycles. The molecular formula is C22H17N7O3. The normalized spacial score (nSPS) is 15.8. The van der Waals surface area contributed by atoms with E-state index in [-0.39, 0.29) is 11.7 Å². The Labute approximate surface area is 182 Å². The number of H-pyrrole nitrogens is 1. The molecule has 0 spiro atoms. The molecule has 1 N–H and O–H groups in total. The second-order valence-electron chi connectivity index (χ2n) is 7.53. The molecule has 0 unspecified atom stereocenters. The Kier molecular flexibility index (Phi) is 4.93. The van der Waals surface area contributed by atoms with E-state index in [4.69, 9.17) is 4.52 Å². The van der Waals surface area contributed by atoms with E-state index in [2.05, 4.69) is 31.1 Å². The molecule has 0 saturated heterocycles. The van der Waals surface area contributed by atoms with Gasteiger partial charge < -0.3 is 9.51 Å². The van der Waals surface area contributed by atoms with Crippen LogP contribution in [0.1, 0.15) is 34.4 Å². The Hall–Kier alpha value is -4.36. The molecule has 3 heterocycles. The second kappa shape index (κ2) is 8.05. The summed E-state index contributed by atoms with van der Waals surface area (Å²) in [6, 6.07) is 15.6. The van der Waals surface area contributed by atoms with Crippen molar-refractivity contribution in [3.63, 3.8) is 0 Å². The number of nitrogens with zero attached hydrogens (tertiary/aromatic N) is 6. The van der Waals surface area contributed by atoms with Crippen molar-refractivity contribution in [2.45, 2.75) is 25.6 Å². The molecule has 0 fully saturated rings. The zero-order valence-corrected chi connectivity index (χ0v) is 16.8. The lowest BCUT2D eigenvalue weighted by atomic mass is 10.0. The monoisotopic (exact) mass is 427 g/mol. The van der Waals surface area contributed by atoms with Crippen LogP contribution in [0.15, 0.2) is 59.4 Å². The van der Waals surface area contributed by atoms with E-state index in [1.54, 1.807) is 24.5 Å². The zero-order chi connectivity index (χ0) is 22.1. The Morgan fingerprint density at radius 1 is 1.28 bits per heavy atom. The number of benzene rings is 2. The number of hydrogen-bond donors (Lipinski definition) is 1. The fourth-order valence-electron chi connectivity index (χ4n) is 3.92. The molecule has 10 nitrogen and oxygen atoms in total. The van der Waals surface area contributed by atoms with Gasteiger partial charge in [0.25, 0.3) is 5.69 Å². The molecule has 4 aromatic rings. The van der Waals surface area contributed by atoms with Crippen molar-refractivity contribution in [3.05, 3.63) is 93.4 Å². The number of imidazole rings is 1. The Balaban J connectivity index is 1.47. The van der Waals surface area contributed by atoms with Crippen LogP contribution in [0, 0.1) is 21.4 Å². The number of nitriles is 1. The van der Waals surface area contributed by atoms with Crippen LogP contribution >= 0.6 is 0 Å². The molecule has 5 rings (SSSR count). The summed E-state index contributed by atoms with van der Waals surface area (Å²) in [5.74, 6) is 0.708. The minimum absolute atomic E-state index is 0.0355. The summed E-state index contributed by atoms with van der Waals surface area (Å²) in [4.78, 5) is 25.0. The van der Waals surface area contributed by atoms with Crippen LogP contribution in [0.3, 0.4) is 0 Å². The smallest absolute Gasteiger partial charge is 0.270 e. The number of non-ortho nitro benzene ring substituents is 1. The lowest BCUT2D eigenvalue weighted by Crippen LogP contribution is -2.34. The molecule has 0 amide bonds. The lowest BCUT2D eigenvalue weighted by Gasteiger charge is -2.32. The summed E-state index contributed by atoms with van der Waals surface area (Å²) < 4.78 is 5.60. The number of nitro benzene ring substituents is 1. The van der Waals surface area contributed by atoms with E-state index in [0.717, 1.165) is 17.0 Å². The SMILES string of the molecule is N#Cc1cccc(CN2Cc3[nH]cnc3C[C@H]2c2nc(-c3cccc([N+](=O)[O-])c3)no2)c1. The average molecular weight is 427 g/mol. The molecule has 2 aromatic heterocycles. The Morgan fingerprint density at radius 3 is 3.00 bits per heavy atom. The predicted molar refractivity (Wildman–Crippen MR) is 112 cm³/mol. The van der Waals surface area contributed by atoms with Gasteiger partial charge in [-0.1, -0.05) is 29.4 Å². The van der Waals surface area contributed by atoms with Gasteiger partial charge in [0.1, 0.15) is 0 Å². The molecule has 32 heavy (non-hydrogen) atoms. The van der Waals surface area contributed by atoms with Crippen molar-refractivity contribution in [3.8, 4) is 17.5 Å². The van der Waals surface area contributed by atoms with Crippen molar-refractivity contribution in [2.75, 3.05) is 0 Å². The van der Waals surface area contributed by atoms with E-state index in [0.29, 0.717) is 42.4 Å². The number of rotatable bonds is 5. The van der Waals surface area contributed by atoms with Gasteiger partial charge in [0.05, 0.1) is 40.3 Å². The molecule has 1 atom stereocenters. The van der Waals surface area contributed by atoms with Gasteiger partial charge in [0.2, 0.25) is 11.7 Å². The van der Waals surface area contributed by atoms with Crippen LogP contribution in [0.5, 0.6) is 0 Å². The summed E-state index contributed by atoms with van der Waals surface area (Å²) in [5.41, 5.74) is 4.04. The fourth-order valence-corrected chi connectivity index (χ4v) is 3.92. The van der Waals surface area contributed by atoms with Crippen LogP contribution in [0.25, 0.3) is 11.4 Å². The van der Waals surface area contributed by atoms with Gasteiger partial charge in [-0.15, -0.1) is 0 Å². The molecule has 0 saturated carbocycles. The van der Waals surface area contributed by atoms with E-state index in [1.165, 1.54) is 12.1 Å². The number of nitro groups is 1. The maximum atomic E-state index is 11.1. The third kappa shape index (κ3) is 3.73. The van der Waals surface area contributed by atoms with Crippen molar-refractivity contribution in [1.82, 2.24) is 25.0 Å². The first-order valence-electron chi connectivity index (χ1n) is 9.93. The third-order valence-electron chi connectivity index (χ3n) is 5.48. The van der Waals surface area contributed by atoms with E-state index in [9.17, 15) is 15.4 Å². The number of hydrogen-bond acceptors (Lipinski definition) is 8. The number of aromatic amines is 1. The Bertz CT molecular complexity index is 1340. The molecule has 0 radical (unpaired) electrons. The second-order valence-corrected chi connectivity index (χ2v) is 7.53. The van der Waals surface area contributed by atoms with E-state index >= 15 is 0 Å². The van der Waals surface area contributed by atoms with E-state index < -0.39 is 4.92 Å². The first kappa shape index (κ1) is 19.6. The quantitative estimate of drug-likeness (QED) is 0.377. The zero-order valence-electron chi connectivity index (χ0n) is 16.8. The first-order chi connectivity index (χ1) is 15.6. The van der Waals surface area contributed by atoms with Gasteiger partial charge in [0, 0.05) is 37.2 Å². The van der Waals surface area contributed by atoms with Gasteiger partial charge >= 0.3 is 0 Å². The average Bonchev–Trinajstić information content (AvgIpc) is 3.48. The highest BCUT2D eigenvalue weighted by molar-refractivity contribution is 5.58. The molecular weight excluding hydrogens is 410 g/mol. The topological polar surface area (TPSA) is 138 Å². The van der Waals surface area contributed by atoms with Crippen molar-refractivity contribution < 1.29 is 9.45 Å². The summed E-state index contributed by atoms with van der Waals surface area (Å²) in [6.07, 6.45) is 2.25. The van der Waals surface area contributed by atoms with Crippen molar-refractivity contribution in [1.29, 1.82) is 5.26 Å². The number of aromatic nitrogens is 4. The van der Waals surface area contributed by atoms with Crippen molar-refractivity contribution in [2.24, 2.45) is 0 Å². The fraction of sp³-hybridized carbons (Fsp3) is 0.182. The molecule has 1 aliphatic rings. The van der Waals surface area contributed by atoms with Crippen LogP contribution in [0.2, 0.25) is 0 Å². The molecule has 1 aliphatic heterocycles. The summed E-state index contributed by atoms with van der Waals surface area (Å²) in [6.45, 7) is 1.18. The van der Waals surface area contributed by atoms with Crippen LogP contribution < -0.4 is 0 Å². The summed E-state index contributed by atoms with van der Waals surface area (Å²) >= 11 is 0. The van der Waals surface area contributed by atoms with Crippen LogP contribution in [-0.4, -0.2) is 29.9 Å². The maximum absolute atomic E-state index is 11.1. The standard InChI is InChI=1S/C22H17N7O3/c23-10-14-3-1-4-15(7-14)11-28-12-19-18(24-13-25-19)9-20(28)22-26-21(27-32-22)16-5-2-6-17(8-16)29(30)31/h1-8,13,20H,9,11-12H2,(H,24,25)/t20-/m0/s1. The highest BCUT2D eigenvalue weighted by Gasteiger charge is 2.33. The van der Waals surface area contributed by atoms with Gasteiger partial charge in [-0.25, -0.2) is 4.98 Å². The molecule has 0 aliphatic carbocycles. The maximum Gasteiger partial charge on any atom is 0.270 e. The minimum atomic E-state index is -0.457.